The first-order chi connectivity index (χ1) is 14.2. The predicted molar refractivity (Wildman–Crippen MR) is 110 cm³/mol. The van der Waals surface area contributed by atoms with Gasteiger partial charge in [0, 0.05) is 12.7 Å². The molecule has 2 aliphatic rings. The van der Waals surface area contributed by atoms with Crippen LogP contribution in [0.1, 0.15) is 44.9 Å². The number of amides is 1. The van der Waals surface area contributed by atoms with Crippen LogP contribution in [-0.2, 0) is 4.74 Å². The molecule has 8 heteroatoms. The molecule has 0 N–H and O–H groups in total. The molecule has 8 nitrogen and oxygen atoms in total. The van der Waals surface area contributed by atoms with Gasteiger partial charge in [-0.05, 0) is 65.5 Å². The Morgan fingerprint density at radius 1 is 1.13 bits per heavy atom. The van der Waals surface area contributed by atoms with Crippen LogP contribution in [0.5, 0.6) is 17.5 Å². The number of nitrogens with zero attached hydrogens (tertiary/aromatic N) is 4. The molecule has 3 heterocycles. The Morgan fingerprint density at radius 3 is 2.60 bits per heavy atom. The highest BCUT2D eigenvalue weighted by atomic mass is 16.6. The fourth-order valence-corrected chi connectivity index (χ4v) is 4.09. The average Bonchev–Trinajstić information content (AvgIpc) is 3.26. The number of likely N-dealkylation sites (tertiary alicyclic amines) is 1. The van der Waals surface area contributed by atoms with Crippen LogP contribution in [0, 0.1) is 19.8 Å². The second-order valence-electron chi connectivity index (χ2n) is 8.99. The lowest BCUT2D eigenvalue weighted by Gasteiger charge is -2.34. The van der Waals surface area contributed by atoms with Gasteiger partial charge in [0.25, 0.3) is 0 Å². The third kappa shape index (κ3) is 4.17. The third-order valence-electron chi connectivity index (χ3n) is 5.47. The molecular formula is C22H28N4O4. The zero-order chi connectivity index (χ0) is 21.5. The number of hydrogen-bond acceptors (Lipinski definition) is 7. The molecule has 1 aliphatic heterocycles. The summed E-state index contributed by atoms with van der Waals surface area (Å²) >= 11 is 0. The highest BCUT2D eigenvalue weighted by Gasteiger charge is 2.49. The fourth-order valence-electron chi connectivity index (χ4n) is 4.09. The number of fused-ring (bicyclic) bond motifs is 2. The van der Waals surface area contributed by atoms with Crippen molar-refractivity contribution in [3.05, 3.63) is 35.9 Å². The Labute approximate surface area is 176 Å². The van der Waals surface area contributed by atoms with Gasteiger partial charge in [-0.2, -0.15) is 0 Å². The molecular weight excluding hydrogens is 384 g/mol. The van der Waals surface area contributed by atoms with Crippen molar-refractivity contribution < 1.29 is 19.0 Å². The van der Waals surface area contributed by atoms with Crippen LogP contribution in [0.15, 0.2) is 24.7 Å². The van der Waals surface area contributed by atoms with E-state index in [1.807, 2.05) is 46.8 Å². The summed E-state index contributed by atoms with van der Waals surface area (Å²) in [6.07, 6.45) is 4.56. The van der Waals surface area contributed by atoms with Gasteiger partial charge in [-0.1, -0.05) is 0 Å². The lowest BCUT2D eigenvalue weighted by Crippen LogP contribution is -2.48. The fraction of sp³-hybridized carbons (Fsp3) is 0.545. The summed E-state index contributed by atoms with van der Waals surface area (Å²) in [5.74, 6) is 1.97. The minimum atomic E-state index is -0.519. The normalized spacial score (nSPS) is 22.8. The number of carbonyl (C=O) groups excluding carboxylic acids is 1. The van der Waals surface area contributed by atoms with E-state index in [-0.39, 0.29) is 18.2 Å². The third-order valence-corrected chi connectivity index (χ3v) is 5.47. The number of ether oxygens (including phenoxy) is 3. The van der Waals surface area contributed by atoms with Crippen LogP contribution in [0.3, 0.4) is 0 Å². The monoisotopic (exact) mass is 412 g/mol. The molecule has 1 saturated carbocycles. The van der Waals surface area contributed by atoms with Gasteiger partial charge < -0.3 is 19.1 Å². The van der Waals surface area contributed by atoms with E-state index in [2.05, 4.69) is 15.0 Å². The molecule has 2 aromatic heterocycles. The number of hydrogen-bond donors (Lipinski definition) is 0. The maximum Gasteiger partial charge on any atom is 0.410 e. The molecule has 3 atom stereocenters. The summed E-state index contributed by atoms with van der Waals surface area (Å²) in [6, 6.07) is 3.65. The van der Waals surface area contributed by atoms with E-state index in [0.717, 1.165) is 25.1 Å². The highest BCUT2D eigenvalue weighted by molar-refractivity contribution is 5.69. The molecule has 30 heavy (non-hydrogen) atoms. The van der Waals surface area contributed by atoms with Gasteiger partial charge in [0.15, 0.2) is 5.75 Å². The number of pyridine rings is 1. The van der Waals surface area contributed by atoms with Crippen molar-refractivity contribution in [1.29, 1.82) is 0 Å². The molecule has 2 unspecified atom stereocenters. The second kappa shape index (κ2) is 7.74. The van der Waals surface area contributed by atoms with Crippen molar-refractivity contribution in [1.82, 2.24) is 19.9 Å². The van der Waals surface area contributed by atoms with Crippen molar-refractivity contribution in [2.24, 2.45) is 5.92 Å². The minimum absolute atomic E-state index is 0.0100. The zero-order valence-electron chi connectivity index (χ0n) is 18.1. The molecule has 1 amide bonds. The predicted octanol–water partition coefficient (Wildman–Crippen LogP) is 4.06. The molecule has 0 radical (unpaired) electrons. The number of carbonyl (C=O) groups is 1. The van der Waals surface area contributed by atoms with E-state index in [4.69, 9.17) is 14.2 Å². The van der Waals surface area contributed by atoms with Gasteiger partial charge in [-0.15, -0.1) is 0 Å². The Bertz CT molecular complexity index is 943. The SMILES string of the molecule is Cc1ncccc1Oc1ncnc(O[C@@H]2CC3CC2N(C(=O)OC(C)(C)C)C3)c1C. The van der Waals surface area contributed by atoms with Crippen molar-refractivity contribution in [3.63, 3.8) is 0 Å². The van der Waals surface area contributed by atoms with Crippen LogP contribution >= 0.6 is 0 Å². The summed E-state index contributed by atoms with van der Waals surface area (Å²) in [4.78, 5) is 27.2. The van der Waals surface area contributed by atoms with E-state index < -0.39 is 5.60 Å². The lowest BCUT2D eigenvalue weighted by molar-refractivity contribution is 0.00197. The molecule has 4 rings (SSSR count). The van der Waals surface area contributed by atoms with Crippen molar-refractivity contribution in [2.45, 2.75) is 65.2 Å². The molecule has 1 aliphatic carbocycles. The zero-order valence-corrected chi connectivity index (χ0v) is 18.1. The number of aryl methyl sites for hydroxylation is 1. The van der Waals surface area contributed by atoms with Crippen LogP contribution < -0.4 is 9.47 Å². The summed E-state index contributed by atoms with van der Waals surface area (Å²) in [6.45, 7) is 10.1. The molecule has 2 fully saturated rings. The summed E-state index contributed by atoms with van der Waals surface area (Å²) < 4.78 is 17.8. The van der Waals surface area contributed by atoms with Gasteiger partial charge in [0.1, 0.15) is 18.0 Å². The molecule has 0 aromatic carbocycles. The van der Waals surface area contributed by atoms with E-state index in [0.29, 0.717) is 29.0 Å². The highest BCUT2D eigenvalue weighted by Crippen LogP contribution is 2.41. The lowest BCUT2D eigenvalue weighted by atomic mass is 10.1. The van der Waals surface area contributed by atoms with Gasteiger partial charge in [0.2, 0.25) is 11.8 Å². The molecule has 2 bridgehead atoms. The number of rotatable bonds is 4. The van der Waals surface area contributed by atoms with Gasteiger partial charge >= 0.3 is 6.09 Å². The quantitative estimate of drug-likeness (QED) is 0.748. The van der Waals surface area contributed by atoms with Crippen LogP contribution in [-0.4, -0.2) is 50.2 Å². The Hall–Kier alpha value is -2.90. The summed E-state index contributed by atoms with van der Waals surface area (Å²) in [5.41, 5.74) is 0.973. The Kier molecular flexibility index (Phi) is 5.26. The topological polar surface area (TPSA) is 86.7 Å². The first-order valence-corrected chi connectivity index (χ1v) is 10.3. The smallest absolute Gasteiger partial charge is 0.410 e. The number of aromatic nitrogens is 3. The van der Waals surface area contributed by atoms with Crippen LogP contribution in [0.2, 0.25) is 0 Å². The second-order valence-corrected chi connectivity index (χ2v) is 8.99. The maximum atomic E-state index is 12.6. The summed E-state index contributed by atoms with van der Waals surface area (Å²) in [5, 5.41) is 0. The molecule has 0 spiro atoms. The molecule has 1 saturated heterocycles. The van der Waals surface area contributed by atoms with Crippen LogP contribution in [0.25, 0.3) is 0 Å². The van der Waals surface area contributed by atoms with Gasteiger partial charge in [-0.25, -0.2) is 14.8 Å². The van der Waals surface area contributed by atoms with Gasteiger partial charge in [-0.3, -0.25) is 4.98 Å². The standard InChI is InChI=1S/C22H28N4O4/c1-13-19(28-17-7-6-8-23-14(17)2)24-12-25-20(13)29-18-10-15-9-16(18)26(11-15)21(27)30-22(3,4)5/h6-8,12,15-16,18H,9-11H2,1-5H3/t15?,16?,18-/m1/s1. The average molecular weight is 412 g/mol. The van der Waals surface area contributed by atoms with Crippen molar-refractivity contribution in [3.8, 4) is 17.5 Å². The Balaban J connectivity index is 1.48. The molecule has 160 valence electrons. The maximum absolute atomic E-state index is 12.6. The van der Waals surface area contributed by atoms with E-state index in [9.17, 15) is 4.79 Å². The number of piperidine rings is 1. The minimum Gasteiger partial charge on any atom is -0.472 e. The van der Waals surface area contributed by atoms with E-state index in [1.165, 1.54) is 6.33 Å². The largest absolute Gasteiger partial charge is 0.472 e. The first kappa shape index (κ1) is 20.4. The van der Waals surface area contributed by atoms with E-state index in [1.54, 1.807) is 11.1 Å². The Morgan fingerprint density at radius 2 is 1.90 bits per heavy atom. The molecule has 2 aromatic rings. The van der Waals surface area contributed by atoms with E-state index >= 15 is 0 Å². The van der Waals surface area contributed by atoms with Gasteiger partial charge in [0.05, 0.1) is 17.3 Å². The first-order valence-electron chi connectivity index (χ1n) is 10.3. The van der Waals surface area contributed by atoms with Crippen molar-refractivity contribution >= 4 is 6.09 Å². The van der Waals surface area contributed by atoms with Crippen LogP contribution in [0.4, 0.5) is 4.79 Å². The van der Waals surface area contributed by atoms with Crippen molar-refractivity contribution in [2.75, 3.05) is 6.54 Å². The summed E-state index contributed by atoms with van der Waals surface area (Å²) in [7, 11) is 0.